The number of carbonyl (C=O) groups is 1. The second-order valence-electron chi connectivity index (χ2n) is 3.33. The maximum Gasteiger partial charge on any atom is 0.158 e. The maximum atomic E-state index is 12.8. The average Bonchev–Trinajstić information content (AvgIpc) is 2.30. The minimum Gasteiger partial charge on any atom is -0.300 e. The average molecular weight is 158 g/mol. The molecule has 0 saturated heterocycles. The molecule has 1 fully saturated rings. The van der Waals surface area contributed by atoms with Gasteiger partial charge in [0.1, 0.15) is 0 Å². The Morgan fingerprint density at radius 2 is 1.73 bits per heavy atom. The largest absolute Gasteiger partial charge is 0.300 e. The molecule has 2 heteroatoms. The number of alkyl halides is 1. The first kappa shape index (κ1) is 8.69. The molecule has 1 aliphatic carbocycles. The van der Waals surface area contributed by atoms with Crippen LogP contribution < -0.4 is 0 Å². The van der Waals surface area contributed by atoms with E-state index in [2.05, 4.69) is 0 Å². The van der Waals surface area contributed by atoms with Crippen LogP contribution in [0, 0.1) is 5.92 Å². The van der Waals surface area contributed by atoms with Crippen LogP contribution in [0.25, 0.3) is 0 Å². The van der Waals surface area contributed by atoms with Crippen molar-refractivity contribution in [1.29, 1.82) is 0 Å². The summed E-state index contributed by atoms with van der Waals surface area (Å²) in [5.74, 6) is 0.0231. The molecule has 0 spiro atoms. The van der Waals surface area contributed by atoms with Crippen LogP contribution in [0.15, 0.2) is 0 Å². The first-order valence-electron chi connectivity index (χ1n) is 4.44. The predicted molar refractivity (Wildman–Crippen MR) is 42.2 cm³/mol. The molecule has 0 radical (unpaired) electrons. The molecule has 1 aliphatic rings. The SMILES string of the molecule is O=CC(F)C1CCCCCC1. The van der Waals surface area contributed by atoms with Crippen LogP contribution in [-0.4, -0.2) is 12.5 Å². The van der Waals surface area contributed by atoms with Crippen molar-refractivity contribution < 1.29 is 9.18 Å². The Morgan fingerprint density at radius 1 is 1.18 bits per heavy atom. The summed E-state index contributed by atoms with van der Waals surface area (Å²) in [6.45, 7) is 0. The van der Waals surface area contributed by atoms with Crippen molar-refractivity contribution in [3.05, 3.63) is 0 Å². The number of rotatable bonds is 2. The van der Waals surface area contributed by atoms with Gasteiger partial charge in [-0.1, -0.05) is 25.7 Å². The Labute approximate surface area is 67.0 Å². The molecule has 64 valence electrons. The van der Waals surface area contributed by atoms with Crippen LogP contribution in [0.2, 0.25) is 0 Å². The molecule has 0 N–H and O–H groups in total. The lowest BCUT2D eigenvalue weighted by molar-refractivity contribution is -0.113. The lowest BCUT2D eigenvalue weighted by atomic mass is 9.96. The molecule has 0 aromatic carbocycles. The van der Waals surface area contributed by atoms with E-state index in [1.54, 1.807) is 0 Å². The summed E-state index contributed by atoms with van der Waals surface area (Å²) in [5.41, 5.74) is 0. The highest BCUT2D eigenvalue weighted by molar-refractivity contribution is 5.56. The van der Waals surface area contributed by atoms with E-state index in [1.165, 1.54) is 12.8 Å². The Balaban J connectivity index is 2.35. The number of aldehydes is 1. The van der Waals surface area contributed by atoms with Gasteiger partial charge in [0.15, 0.2) is 12.5 Å². The number of halogens is 1. The van der Waals surface area contributed by atoms with Crippen molar-refractivity contribution in [3.63, 3.8) is 0 Å². The van der Waals surface area contributed by atoms with Crippen LogP contribution in [0.1, 0.15) is 38.5 Å². The van der Waals surface area contributed by atoms with Crippen LogP contribution in [0.3, 0.4) is 0 Å². The van der Waals surface area contributed by atoms with Crippen molar-refractivity contribution in [2.45, 2.75) is 44.7 Å². The fourth-order valence-electron chi connectivity index (χ4n) is 1.74. The third-order valence-electron chi connectivity index (χ3n) is 2.48. The molecule has 1 saturated carbocycles. The van der Waals surface area contributed by atoms with Gasteiger partial charge in [0.2, 0.25) is 0 Å². The minimum absolute atomic E-state index is 0.0231. The van der Waals surface area contributed by atoms with Gasteiger partial charge in [0, 0.05) is 0 Å². The van der Waals surface area contributed by atoms with E-state index in [-0.39, 0.29) is 5.92 Å². The molecule has 0 amide bonds. The highest BCUT2D eigenvalue weighted by atomic mass is 19.1. The summed E-state index contributed by atoms with van der Waals surface area (Å²) in [6.07, 6.45) is 5.67. The van der Waals surface area contributed by atoms with E-state index in [9.17, 15) is 9.18 Å². The molecule has 11 heavy (non-hydrogen) atoms. The van der Waals surface area contributed by atoms with Gasteiger partial charge in [-0.15, -0.1) is 0 Å². The fraction of sp³-hybridized carbons (Fsp3) is 0.889. The van der Waals surface area contributed by atoms with E-state index >= 15 is 0 Å². The van der Waals surface area contributed by atoms with Gasteiger partial charge in [0.25, 0.3) is 0 Å². The van der Waals surface area contributed by atoms with E-state index in [0.29, 0.717) is 6.29 Å². The van der Waals surface area contributed by atoms with E-state index in [0.717, 1.165) is 25.7 Å². The summed E-state index contributed by atoms with van der Waals surface area (Å²) >= 11 is 0. The van der Waals surface area contributed by atoms with Crippen LogP contribution in [0.5, 0.6) is 0 Å². The van der Waals surface area contributed by atoms with Crippen molar-refractivity contribution in [3.8, 4) is 0 Å². The van der Waals surface area contributed by atoms with E-state index < -0.39 is 6.17 Å². The number of hydrogen-bond donors (Lipinski definition) is 0. The third kappa shape index (κ3) is 2.60. The Kier molecular flexibility index (Phi) is 3.53. The summed E-state index contributed by atoms with van der Waals surface area (Å²) in [6, 6.07) is 0. The molecular weight excluding hydrogens is 143 g/mol. The van der Waals surface area contributed by atoms with Crippen molar-refractivity contribution in [1.82, 2.24) is 0 Å². The fourth-order valence-corrected chi connectivity index (χ4v) is 1.74. The van der Waals surface area contributed by atoms with Gasteiger partial charge in [-0.05, 0) is 18.8 Å². The Hall–Kier alpha value is -0.400. The molecule has 1 nitrogen and oxygen atoms in total. The predicted octanol–water partition coefficient (Wildman–Crippen LogP) is 2.49. The third-order valence-corrected chi connectivity index (χ3v) is 2.48. The molecule has 1 unspecified atom stereocenters. The van der Waals surface area contributed by atoms with Crippen LogP contribution >= 0.6 is 0 Å². The second-order valence-corrected chi connectivity index (χ2v) is 3.33. The van der Waals surface area contributed by atoms with Gasteiger partial charge in [0.05, 0.1) is 0 Å². The van der Waals surface area contributed by atoms with E-state index in [4.69, 9.17) is 0 Å². The maximum absolute atomic E-state index is 12.8. The van der Waals surface area contributed by atoms with Crippen molar-refractivity contribution >= 4 is 6.29 Å². The number of hydrogen-bond acceptors (Lipinski definition) is 1. The zero-order chi connectivity index (χ0) is 8.10. The first-order valence-corrected chi connectivity index (χ1v) is 4.44. The first-order chi connectivity index (χ1) is 5.34. The Bertz CT molecular complexity index is 117. The van der Waals surface area contributed by atoms with Gasteiger partial charge >= 0.3 is 0 Å². The van der Waals surface area contributed by atoms with Gasteiger partial charge in [-0.25, -0.2) is 4.39 Å². The topological polar surface area (TPSA) is 17.1 Å². The zero-order valence-corrected chi connectivity index (χ0v) is 6.76. The summed E-state index contributed by atoms with van der Waals surface area (Å²) in [5, 5.41) is 0. The summed E-state index contributed by atoms with van der Waals surface area (Å²) in [4.78, 5) is 10.1. The highest BCUT2D eigenvalue weighted by Gasteiger charge is 2.20. The molecular formula is C9H15FO. The van der Waals surface area contributed by atoms with Gasteiger partial charge in [-0.2, -0.15) is 0 Å². The second kappa shape index (κ2) is 4.47. The molecule has 0 aromatic rings. The van der Waals surface area contributed by atoms with Crippen molar-refractivity contribution in [2.75, 3.05) is 0 Å². The lowest BCUT2D eigenvalue weighted by Gasteiger charge is -2.13. The van der Waals surface area contributed by atoms with Crippen LogP contribution in [-0.2, 0) is 4.79 Å². The van der Waals surface area contributed by atoms with Gasteiger partial charge in [-0.3, -0.25) is 0 Å². The van der Waals surface area contributed by atoms with Gasteiger partial charge < -0.3 is 4.79 Å². The summed E-state index contributed by atoms with van der Waals surface area (Å²) in [7, 11) is 0. The number of carbonyl (C=O) groups excluding carboxylic acids is 1. The van der Waals surface area contributed by atoms with E-state index in [1.807, 2.05) is 0 Å². The molecule has 1 atom stereocenters. The smallest absolute Gasteiger partial charge is 0.158 e. The molecule has 0 aromatic heterocycles. The zero-order valence-electron chi connectivity index (χ0n) is 6.76. The molecule has 0 aliphatic heterocycles. The lowest BCUT2D eigenvalue weighted by Crippen LogP contribution is -2.16. The molecule has 0 heterocycles. The quantitative estimate of drug-likeness (QED) is 0.445. The summed E-state index contributed by atoms with van der Waals surface area (Å²) < 4.78 is 12.8. The minimum atomic E-state index is -1.20. The monoisotopic (exact) mass is 158 g/mol. The molecule has 1 rings (SSSR count). The highest BCUT2D eigenvalue weighted by Crippen LogP contribution is 2.26. The normalized spacial score (nSPS) is 24.1. The standard InChI is InChI=1S/C9H15FO/c10-9(7-11)8-5-3-1-2-4-6-8/h7-9H,1-6H2. The van der Waals surface area contributed by atoms with Crippen LogP contribution in [0.4, 0.5) is 4.39 Å². The molecule has 0 bridgehead atoms. The Morgan fingerprint density at radius 3 is 2.18 bits per heavy atom. The van der Waals surface area contributed by atoms with Crippen molar-refractivity contribution in [2.24, 2.45) is 5.92 Å².